The summed E-state index contributed by atoms with van der Waals surface area (Å²) in [5, 5.41) is 15.4. The number of ether oxygens (including phenoxy) is 2. The van der Waals surface area contributed by atoms with E-state index in [9.17, 15) is 14.7 Å². The quantitative estimate of drug-likeness (QED) is 0.669. The predicted molar refractivity (Wildman–Crippen MR) is 103 cm³/mol. The van der Waals surface area contributed by atoms with Crippen LogP contribution in [0.5, 0.6) is 11.5 Å². The van der Waals surface area contributed by atoms with Crippen molar-refractivity contribution in [2.24, 2.45) is 10.7 Å². The number of nitrogens with two attached hydrogens (primary N) is 1. The SMILES string of the molecule is COc1ccc(-c2nn(CCC(=O)[O-])cc2C=C2SC(N)=NC2=O)cc1OC. The molecule has 1 aromatic carbocycles. The number of carboxylic acid groups (broad SMARTS) is 1. The van der Waals surface area contributed by atoms with Crippen molar-refractivity contribution >= 4 is 34.9 Å². The first kappa shape index (κ1) is 19.5. The van der Waals surface area contributed by atoms with E-state index >= 15 is 0 Å². The molecule has 28 heavy (non-hydrogen) atoms. The smallest absolute Gasteiger partial charge is 0.286 e. The number of rotatable bonds is 7. The van der Waals surface area contributed by atoms with Crippen LogP contribution in [0.2, 0.25) is 0 Å². The first-order valence-corrected chi connectivity index (χ1v) is 9.00. The second-order valence-electron chi connectivity index (χ2n) is 5.75. The predicted octanol–water partition coefficient (Wildman–Crippen LogP) is 0.636. The average Bonchev–Trinajstić information content (AvgIpc) is 3.22. The molecular formula is C18H17N4O5S-. The van der Waals surface area contributed by atoms with Crippen molar-refractivity contribution in [3.8, 4) is 22.8 Å². The Bertz CT molecular complexity index is 996. The van der Waals surface area contributed by atoms with E-state index in [1.165, 1.54) is 18.9 Å². The lowest BCUT2D eigenvalue weighted by Gasteiger charge is -2.09. The van der Waals surface area contributed by atoms with E-state index < -0.39 is 11.9 Å². The number of amides is 1. The molecule has 3 rings (SSSR count). The van der Waals surface area contributed by atoms with Crippen molar-refractivity contribution in [3.63, 3.8) is 0 Å². The van der Waals surface area contributed by atoms with Crippen LogP contribution < -0.4 is 20.3 Å². The average molecular weight is 401 g/mol. The number of hydrogen-bond acceptors (Lipinski definition) is 8. The number of carbonyl (C=O) groups excluding carboxylic acids is 2. The van der Waals surface area contributed by atoms with E-state index in [-0.39, 0.29) is 18.1 Å². The van der Waals surface area contributed by atoms with E-state index in [0.29, 0.717) is 33.2 Å². The minimum Gasteiger partial charge on any atom is -0.550 e. The Labute approximate surface area is 164 Å². The summed E-state index contributed by atoms with van der Waals surface area (Å²) in [5.74, 6) is -0.527. The zero-order valence-corrected chi connectivity index (χ0v) is 16.0. The van der Waals surface area contributed by atoms with Gasteiger partial charge in [0.25, 0.3) is 5.91 Å². The number of nitrogens with zero attached hydrogens (tertiary/aromatic N) is 3. The fourth-order valence-electron chi connectivity index (χ4n) is 2.64. The van der Waals surface area contributed by atoms with Gasteiger partial charge < -0.3 is 25.1 Å². The van der Waals surface area contributed by atoms with Crippen LogP contribution in [-0.2, 0) is 16.1 Å². The summed E-state index contributed by atoms with van der Waals surface area (Å²) >= 11 is 1.07. The number of methoxy groups -OCH3 is 2. The second-order valence-corrected chi connectivity index (χ2v) is 6.82. The van der Waals surface area contributed by atoms with Gasteiger partial charge in [-0.05, 0) is 36.0 Å². The fourth-order valence-corrected chi connectivity index (χ4v) is 3.31. The Hall–Kier alpha value is -3.27. The highest BCUT2D eigenvalue weighted by Crippen LogP contribution is 2.35. The largest absolute Gasteiger partial charge is 0.550 e. The summed E-state index contributed by atoms with van der Waals surface area (Å²) in [4.78, 5) is 26.8. The molecule has 0 fully saturated rings. The van der Waals surface area contributed by atoms with Crippen LogP contribution in [0.25, 0.3) is 17.3 Å². The van der Waals surface area contributed by atoms with Gasteiger partial charge in [0.1, 0.15) is 0 Å². The zero-order valence-electron chi connectivity index (χ0n) is 15.2. The lowest BCUT2D eigenvalue weighted by atomic mass is 10.1. The Morgan fingerprint density at radius 1 is 1.32 bits per heavy atom. The summed E-state index contributed by atoms with van der Waals surface area (Å²) in [6, 6.07) is 5.28. The third-order valence-electron chi connectivity index (χ3n) is 3.92. The molecule has 0 radical (unpaired) electrons. The van der Waals surface area contributed by atoms with Crippen molar-refractivity contribution in [3.05, 3.63) is 34.9 Å². The Morgan fingerprint density at radius 2 is 2.07 bits per heavy atom. The van der Waals surface area contributed by atoms with Gasteiger partial charge in [-0.3, -0.25) is 9.48 Å². The van der Waals surface area contributed by atoms with Crippen molar-refractivity contribution in [2.75, 3.05) is 14.2 Å². The molecule has 0 unspecified atom stereocenters. The number of carbonyl (C=O) groups is 2. The van der Waals surface area contributed by atoms with E-state index in [0.717, 1.165) is 11.8 Å². The first-order chi connectivity index (χ1) is 13.4. The molecule has 1 aliphatic rings. The molecule has 0 saturated heterocycles. The maximum atomic E-state index is 11.9. The molecule has 10 heteroatoms. The van der Waals surface area contributed by atoms with Gasteiger partial charge >= 0.3 is 0 Å². The van der Waals surface area contributed by atoms with Gasteiger partial charge in [0, 0.05) is 36.3 Å². The van der Waals surface area contributed by atoms with Gasteiger partial charge in [0.15, 0.2) is 16.7 Å². The van der Waals surface area contributed by atoms with Crippen molar-refractivity contribution in [2.45, 2.75) is 13.0 Å². The number of benzene rings is 1. The Kier molecular flexibility index (Phi) is 5.69. The number of aromatic nitrogens is 2. The molecular weight excluding hydrogens is 384 g/mol. The summed E-state index contributed by atoms with van der Waals surface area (Å²) in [5.41, 5.74) is 7.48. The molecule has 0 atom stereocenters. The van der Waals surface area contributed by atoms with Gasteiger partial charge in [0.2, 0.25) is 0 Å². The zero-order chi connectivity index (χ0) is 20.3. The molecule has 1 aliphatic heterocycles. The molecule has 2 N–H and O–H groups in total. The maximum absolute atomic E-state index is 11.9. The first-order valence-electron chi connectivity index (χ1n) is 8.19. The molecule has 0 saturated carbocycles. The maximum Gasteiger partial charge on any atom is 0.286 e. The number of aliphatic carboxylic acids is 1. The Morgan fingerprint density at radius 3 is 2.68 bits per heavy atom. The lowest BCUT2D eigenvalue weighted by Crippen LogP contribution is -2.23. The molecule has 0 bridgehead atoms. The van der Waals surface area contributed by atoms with Gasteiger partial charge in [-0.1, -0.05) is 0 Å². The van der Waals surface area contributed by atoms with Crippen LogP contribution in [0.4, 0.5) is 0 Å². The third-order valence-corrected chi connectivity index (χ3v) is 4.73. The standard InChI is InChI=1S/C18H18N4O5S/c1-26-12-4-3-10(7-13(12)27-2)16-11(8-14-17(25)20-18(19)28-14)9-22(21-16)6-5-15(23)24/h3-4,7-9H,5-6H2,1-2H3,(H,23,24)(H2,19,20,25)/p-1. The highest BCUT2D eigenvalue weighted by molar-refractivity contribution is 8.18. The van der Waals surface area contributed by atoms with Gasteiger partial charge in [-0.15, -0.1) is 0 Å². The fraction of sp³-hybridized carbons (Fsp3) is 0.222. The lowest BCUT2D eigenvalue weighted by molar-refractivity contribution is -0.306. The highest BCUT2D eigenvalue weighted by Gasteiger charge is 2.21. The Balaban J connectivity index is 2.04. The van der Waals surface area contributed by atoms with Crippen molar-refractivity contribution < 1.29 is 24.2 Å². The molecule has 1 aromatic heterocycles. The van der Waals surface area contributed by atoms with E-state index in [1.807, 2.05) is 0 Å². The van der Waals surface area contributed by atoms with Gasteiger partial charge in [0.05, 0.1) is 24.8 Å². The minimum absolute atomic E-state index is 0.130. The van der Waals surface area contributed by atoms with Crippen LogP contribution in [0.15, 0.2) is 34.3 Å². The minimum atomic E-state index is -1.18. The van der Waals surface area contributed by atoms with Gasteiger partial charge in [-0.2, -0.15) is 10.1 Å². The van der Waals surface area contributed by atoms with Crippen LogP contribution in [0.3, 0.4) is 0 Å². The molecule has 2 aromatic rings. The van der Waals surface area contributed by atoms with E-state index in [2.05, 4.69) is 10.1 Å². The summed E-state index contributed by atoms with van der Waals surface area (Å²) in [6.07, 6.45) is 3.10. The molecule has 9 nitrogen and oxygen atoms in total. The summed E-state index contributed by atoms with van der Waals surface area (Å²) in [7, 11) is 3.06. The highest BCUT2D eigenvalue weighted by atomic mass is 32.2. The van der Waals surface area contributed by atoms with E-state index in [1.54, 1.807) is 30.5 Å². The molecule has 0 aliphatic carbocycles. The third kappa shape index (κ3) is 4.17. The molecule has 2 heterocycles. The van der Waals surface area contributed by atoms with Crippen molar-refractivity contribution in [1.82, 2.24) is 9.78 Å². The number of thioether (sulfide) groups is 1. The van der Waals surface area contributed by atoms with Crippen LogP contribution in [0, 0.1) is 0 Å². The molecule has 1 amide bonds. The van der Waals surface area contributed by atoms with Gasteiger partial charge in [-0.25, -0.2) is 0 Å². The molecule has 146 valence electrons. The summed E-state index contributed by atoms with van der Waals surface area (Å²) in [6.45, 7) is 0.130. The summed E-state index contributed by atoms with van der Waals surface area (Å²) < 4.78 is 12.1. The normalized spacial score (nSPS) is 15.0. The number of amidine groups is 1. The topological polar surface area (TPSA) is 132 Å². The van der Waals surface area contributed by atoms with Crippen LogP contribution in [0.1, 0.15) is 12.0 Å². The van der Waals surface area contributed by atoms with Crippen LogP contribution in [-0.4, -0.2) is 41.0 Å². The molecule has 0 spiro atoms. The number of aliphatic imine (C=N–C) groups is 1. The second kappa shape index (κ2) is 8.17. The number of carboxylic acids is 1. The van der Waals surface area contributed by atoms with E-state index in [4.69, 9.17) is 15.2 Å². The van der Waals surface area contributed by atoms with Crippen molar-refractivity contribution in [1.29, 1.82) is 0 Å². The number of aryl methyl sites for hydroxylation is 1. The number of hydrogen-bond donors (Lipinski definition) is 1. The monoisotopic (exact) mass is 401 g/mol. The van der Waals surface area contributed by atoms with Crippen LogP contribution >= 0.6 is 11.8 Å².